The van der Waals surface area contributed by atoms with Crippen LogP contribution in [0.15, 0.2) is 18.2 Å². The standard InChI is InChI=1S/C13H19ClFNO2S/c1-10(9-19(3,17)18)7-16(2)8-11-12(14)5-4-6-13(11)15/h4-6,10H,7-9H2,1-3H3/t10-/m1/s1. The minimum absolute atomic E-state index is 0.00875. The second-order valence-corrected chi connectivity index (χ2v) is 7.69. The van der Waals surface area contributed by atoms with Crippen molar-refractivity contribution in [2.24, 2.45) is 5.92 Å². The first-order chi connectivity index (χ1) is 8.69. The molecule has 0 bridgehead atoms. The number of nitrogens with zero attached hydrogens (tertiary/aromatic N) is 1. The quantitative estimate of drug-likeness (QED) is 0.810. The van der Waals surface area contributed by atoms with Gasteiger partial charge in [-0.25, -0.2) is 12.8 Å². The molecule has 0 aromatic heterocycles. The molecule has 0 fully saturated rings. The molecule has 0 aliphatic carbocycles. The highest BCUT2D eigenvalue weighted by atomic mass is 35.5. The maximum absolute atomic E-state index is 13.6. The molecule has 0 saturated carbocycles. The van der Waals surface area contributed by atoms with Crippen molar-refractivity contribution in [3.05, 3.63) is 34.6 Å². The lowest BCUT2D eigenvalue weighted by Crippen LogP contribution is -2.28. The highest BCUT2D eigenvalue weighted by Gasteiger charge is 2.15. The van der Waals surface area contributed by atoms with Crippen LogP contribution in [0.4, 0.5) is 4.39 Å². The van der Waals surface area contributed by atoms with E-state index in [1.54, 1.807) is 12.1 Å². The predicted octanol–water partition coefficient (Wildman–Crippen LogP) is 2.59. The number of rotatable bonds is 6. The van der Waals surface area contributed by atoms with E-state index in [4.69, 9.17) is 11.6 Å². The Morgan fingerprint density at radius 2 is 2.05 bits per heavy atom. The summed E-state index contributed by atoms with van der Waals surface area (Å²) < 4.78 is 36.0. The fraction of sp³-hybridized carbons (Fsp3) is 0.538. The van der Waals surface area contributed by atoms with Crippen molar-refractivity contribution in [3.63, 3.8) is 0 Å². The molecule has 0 unspecified atom stereocenters. The third kappa shape index (κ3) is 5.89. The van der Waals surface area contributed by atoms with Crippen molar-refractivity contribution in [2.45, 2.75) is 13.5 Å². The fourth-order valence-corrected chi connectivity index (χ4v) is 3.48. The molecular formula is C13H19ClFNO2S. The molecule has 0 radical (unpaired) electrons. The van der Waals surface area contributed by atoms with Crippen LogP contribution >= 0.6 is 11.6 Å². The summed E-state index contributed by atoms with van der Waals surface area (Å²) in [7, 11) is -1.16. The van der Waals surface area contributed by atoms with Gasteiger partial charge >= 0.3 is 0 Å². The first-order valence-electron chi connectivity index (χ1n) is 5.98. The summed E-state index contributed by atoms with van der Waals surface area (Å²) in [6, 6.07) is 4.58. The Morgan fingerprint density at radius 1 is 1.42 bits per heavy atom. The highest BCUT2D eigenvalue weighted by Crippen LogP contribution is 2.20. The molecule has 3 nitrogen and oxygen atoms in total. The third-order valence-electron chi connectivity index (χ3n) is 2.70. The molecule has 0 amide bonds. The van der Waals surface area contributed by atoms with Crippen molar-refractivity contribution in [1.82, 2.24) is 4.90 Å². The summed E-state index contributed by atoms with van der Waals surface area (Å²) in [5.41, 5.74) is 0.443. The van der Waals surface area contributed by atoms with Crippen molar-refractivity contribution >= 4 is 21.4 Å². The van der Waals surface area contributed by atoms with Gasteiger partial charge in [0.1, 0.15) is 15.7 Å². The van der Waals surface area contributed by atoms with E-state index in [2.05, 4.69) is 0 Å². The Labute approximate surface area is 119 Å². The van der Waals surface area contributed by atoms with Crippen LogP contribution in [0.25, 0.3) is 0 Å². The molecule has 1 aromatic rings. The van der Waals surface area contributed by atoms with Gasteiger partial charge in [-0.3, -0.25) is 0 Å². The molecule has 0 spiro atoms. The summed E-state index contributed by atoms with van der Waals surface area (Å²) in [6.07, 6.45) is 1.22. The van der Waals surface area contributed by atoms with Crippen molar-refractivity contribution in [3.8, 4) is 0 Å². The number of sulfone groups is 1. The summed E-state index contributed by atoms with van der Waals surface area (Å²) in [5, 5.41) is 0.391. The average molecular weight is 308 g/mol. The van der Waals surface area contributed by atoms with Gasteiger partial charge in [0, 0.05) is 29.9 Å². The van der Waals surface area contributed by atoms with E-state index in [1.165, 1.54) is 12.3 Å². The van der Waals surface area contributed by atoms with Crippen LogP contribution in [-0.2, 0) is 16.4 Å². The lowest BCUT2D eigenvalue weighted by atomic mass is 10.1. The smallest absolute Gasteiger partial charge is 0.147 e. The maximum Gasteiger partial charge on any atom is 0.147 e. The number of hydrogen-bond acceptors (Lipinski definition) is 3. The van der Waals surface area contributed by atoms with Gasteiger partial charge in [-0.15, -0.1) is 0 Å². The van der Waals surface area contributed by atoms with E-state index >= 15 is 0 Å². The van der Waals surface area contributed by atoms with Gasteiger partial charge in [-0.2, -0.15) is 0 Å². The zero-order valence-corrected chi connectivity index (χ0v) is 12.9. The van der Waals surface area contributed by atoms with Gasteiger partial charge in [0.25, 0.3) is 0 Å². The van der Waals surface area contributed by atoms with E-state index < -0.39 is 9.84 Å². The van der Waals surface area contributed by atoms with Crippen LogP contribution in [0.2, 0.25) is 5.02 Å². The summed E-state index contributed by atoms with van der Waals surface area (Å²) >= 11 is 5.95. The molecule has 0 aliphatic rings. The maximum atomic E-state index is 13.6. The van der Waals surface area contributed by atoms with Crippen LogP contribution in [0.5, 0.6) is 0 Å². The molecule has 6 heteroatoms. The SMILES string of the molecule is C[C@H](CN(C)Cc1c(F)cccc1Cl)CS(C)(=O)=O. The second kappa shape index (κ2) is 6.68. The van der Waals surface area contributed by atoms with Crippen molar-refractivity contribution in [2.75, 3.05) is 25.6 Å². The Kier molecular flexibility index (Phi) is 5.77. The average Bonchev–Trinajstić information content (AvgIpc) is 2.20. The first kappa shape index (κ1) is 16.4. The molecule has 0 aliphatic heterocycles. The molecule has 108 valence electrons. The lowest BCUT2D eigenvalue weighted by molar-refractivity contribution is 0.285. The molecule has 0 saturated heterocycles. The zero-order valence-electron chi connectivity index (χ0n) is 11.4. The lowest BCUT2D eigenvalue weighted by Gasteiger charge is -2.21. The van der Waals surface area contributed by atoms with Crippen LogP contribution in [0.3, 0.4) is 0 Å². The topological polar surface area (TPSA) is 37.4 Å². The van der Waals surface area contributed by atoms with E-state index in [0.717, 1.165) is 0 Å². The third-order valence-corrected chi connectivity index (χ3v) is 4.23. The van der Waals surface area contributed by atoms with Gasteiger partial charge in [0.2, 0.25) is 0 Å². The summed E-state index contributed by atoms with van der Waals surface area (Å²) in [4.78, 5) is 1.88. The number of benzene rings is 1. The van der Waals surface area contributed by atoms with Gasteiger partial charge < -0.3 is 4.90 Å². The van der Waals surface area contributed by atoms with Gasteiger partial charge in [0.15, 0.2) is 0 Å². The van der Waals surface area contributed by atoms with Crippen LogP contribution in [0.1, 0.15) is 12.5 Å². The molecule has 1 atom stereocenters. The summed E-state index contributed by atoms with van der Waals surface area (Å²) in [6.45, 7) is 2.79. The Morgan fingerprint density at radius 3 is 2.58 bits per heavy atom. The Balaban J connectivity index is 2.63. The van der Waals surface area contributed by atoms with Crippen LogP contribution < -0.4 is 0 Å². The normalized spacial score (nSPS) is 13.8. The first-order valence-corrected chi connectivity index (χ1v) is 8.42. The molecule has 1 aromatic carbocycles. The van der Waals surface area contributed by atoms with Gasteiger partial charge in [0.05, 0.1) is 5.75 Å². The monoisotopic (exact) mass is 307 g/mol. The largest absolute Gasteiger partial charge is 0.302 e. The van der Waals surface area contributed by atoms with E-state index in [9.17, 15) is 12.8 Å². The highest BCUT2D eigenvalue weighted by molar-refractivity contribution is 7.90. The van der Waals surface area contributed by atoms with Gasteiger partial charge in [-0.1, -0.05) is 24.6 Å². The van der Waals surface area contributed by atoms with Crippen LogP contribution in [-0.4, -0.2) is 38.9 Å². The molecule has 19 heavy (non-hydrogen) atoms. The van der Waals surface area contributed by atoms with Gasteiger partial charge in [-0.05, 0) is 25.1 Å². The predicted molar refractivity (Wildman–Crippen MR) is 76.6 cm³/mol. The van der Waals surface area contributed by atoms with Crippen LogP contribution in [0, 0.1) is 11.7 Å². The molecular weight excluding hydrogens is 289 g/mol. The minimum atomic E-state index is -2.98. The van der Waals surface area contributed by atoms with E-state index in [-0.39, 0.29) is 17.5 Å². The minimum Gasteiger partial charge on any atom is -0.302 e. The molecule has 0 N–H and O–H groups in total. The molecule has 1 rings (SSSR count). The number of halogens is 2. The van der Waals surface area contributed by atoms with E-state index in [1.807, 2.05) is 18.9 Å². The second-order valence-electron chi connectivity index (χ2n) is 5.09. The van der Waals surface area contributed by atoms with E-state index in [0.29, 0.717) is 23.7 Å². The number of hydrogen-bond donors (Lipinski definition) is 0. The Bertz CT molecular complexity index is 513. The Hall–Kier alpha value is -0.650. The zero-order chi connectivity index (χ0) is 14.6. The van der Waals surface area contributed by atoms with Crippen molar-refractivity contribution in [1.29, 1.82) is 0 Å². The summed E-state index contributed by atoms with van der Waals surface area (Å²) in [5.74, 6) is -0.219. The fourth-order valence-electron chi connectivity index (χ4n) is 2.12. The molecule has 0 heterocycles. The van der Waals surface area contributed by atoms with Crippen molar-refractivity contribution < 1.29 is 12.8 Å².